The summed E-state index contributed by atoms with van der Waals surface area (Å²) in [5.41, 5.74) is 1.26. The maximum atomic E-state index is 10.7. The van der Waals surface area contributed by atoms with Crippen molar-refractivity contribution in [2.75, 3.05) is 32.7 Å². The largest absolute Gasteiger partial charge is 0.314 e. The molecule has 0 amide bonds. The first-order valence-electron chi connectivity index (χ1n) is 6.92. The van der Waals surface area contributed by atoms with Crippen LogP contribution in [0.2, 0.25) is 0 Å². The van der Waals surface area contributed by atoms with Gasteiger partial charge in [-0.05, 0) is 31.4 Å². The quantitative estimate of drug-likeness (QED) is 0.483. The van der Waals surface area contributed by atoms with Gasteiger partial charge < -0.3 is 10.2 Å². The van der Waals surface area contributed by atoms with Crippen LogP contribution in [0.15, 0.2) is 24.3 Å². The van der Waals surface area contributed by atoms with E-state index in [9.17, 15) is 10.1 Å². The summed E-state index contributed by atoms with van der Waals surface area (Å²) in [4.78, 5) is 12.8. The van der Waals surface area contributed by atoms with E-state index in [1.807, 2.05) is 6.07 Å². The summed E-state index contributed by atoms with van der Waals surface area (Å²) < 4.78 is 0. The molecule has 2 rings (SSSR count). The standard InChI is InChI=1S/C14H21N3O2/c18-17(19)14-6-3-5-13(12-14)4-1-2-9-16-10-7-15-8-11-16/h3,5-6,12,15H,1-2,4,7-11H2. The van der Waals surface area contributed by atoms with Crippen LogP contribution >= 0.6 is 0 Å². The van der Waals surface area contributed by atoms with Gasteiger partial charge >= 0.3 is 0 Å². The molecular weight excluding hydrogens is 242 g/mol. The molecule has 1 N–H and O–H groups in total. The summed E-state index contributed by atoms with van der Waals surface area (Å²) in [6.45, 7) is 5.58. The molecule has 5 nitrogen and oxygen atoms in total. The zero-order chi connectivity index (χ0) is 13.5. The maximum Gasteiger partial charge on any atom is 0.269 e. The molecule has 0 aliphatic carbocycles. The Kier molecular flexibility index (Phi) is 5.30. The van der Waals surface area contributed by atoms with E-state index in [2.05, 4.69) is 10.2 Å². The highest BCUT2D eigenvalue weighted by atomic mass is 16.6. The fourth-order valence-corrected chi connectivity index (χ4v) is 2.42. The highest BCUT2D eigenvalue weighted by molar-refractivity contribution is 5.34. The van der Waals surface area contributed by atoms with E-state index < -0.39 is 0 Å². The number of piperazine rings is 1. The van der Waals surface area contributed by atoms with E-state index in [0.717, 1.165) is 57.5 Å². The number of non-ortho nitro benzene ring substituents is 1. The molecule has 0 saturated carbocycles. The zero-order valence-corrected chi connectivity index (χ0v) is 11.2. The van der Waals surface area contributed by atoms with E-state index in [1.54, 1.807) is 18.2 Å². The van der Waals surface area contributed by atoms with Gasteiger partial charge in [-0.3, -0.25) is 10.1 Å². The molecule has 0 unspecified atom stereocenters. The molecule has 1 aromatic rings. The average Bonchev–Trinajstić information content (AvgIpc) is 2.45. The number of nitro benzene ring substituents is 1. The number of benzene rings is 1. The molecule has 1 aromatic carbocycles. The zero-order valence-electron chi connectivity index (χ0n) is 11.2. The SMILES string of the molecule is O=[N+]([O-])c1cccc(CCCCN2CCNCC2)c1. The van der Waals surface area contributed by atoms with E-state index in [-0.39, 0.29) is 10.6 Å². The van der Waals surface area contributed by atoms with Crippen molar-refractivity contribution in [1.29, 1.82) is 0 Å². The van der Waals surface area contributed by atoms with E-state index >= 15 is 0 Å². The van der Waals surface area contributed by atoms with Crippen molar-refractivity contribution in [2.45, 2.75) is 19.3 Å². The Hall–Kier alpha value is -1.46. The molecule has 1 heterocycles. The van der Waals surface area contributed by atoms with Crippen molar-refractivity contribution in [3.05, 3.63) is 39.9 Å². The van der Waals surface area contributed by atoms with Gasteiger partial charge in [-0.15, -0.1) is 0 Å². The van der Waals surface area contributed by atoms with Gasteiger partial charge in [-0.1, -0.05) is 12.1 Å². The van der Waals surface area contributed by atoms with E-state index in [1.165, 1.54) is 0 Å². The molecule has 0 aromatic heterocycles. The first kappa shape index (κ1) is 14.0. The molecule has 0 bridgehead atoms. The number of nitro groups is 1. The third-order valence-corrected chi connectivity index (χ3v) is 3.52. The van der Waals surface area contributed by atoms with Crippen LogP contribution in [-0.2, 0) is 6.42 Å². The summed E-state index contributed by atoms with van der Waals surface area (Å²) >= 11 is 0. The Labute approximate surface area is 113 Å². The highest BCUT2D eigenvalue weighted by Crippen LogP contribution is 2.15. The topological polar surface area (TPSA) is 58.4 Å². The minimum Gasteiger partial charge on any atom is -0.314 e. The summed E-state index contributed by atoms with van der Waals surface area (Å²) in [5.74, 6) is 0. The predicted molar refractivity (Wildman–Crippen MR) is 75.3 cm³/mol. The molecule has 1 fully saturated rings. The molecule has 1 aliphatic rings. The fourth-order valence-electron chi connectivity index (χ4n) is 2.42. The summed E-state index contributed by atoms with van der Waals surface area (Å²) in [6.07, 6.45) is 3.17. The van der Waals surface area contributed by atoms with Crippen LogP contribution in [0.1, 0.15) is 18.4 Å². The Morgan fingerprint density at radius 3 is 2.79 bits per heavy atom. The molecule has 0 radical (unpaired) electrons. The first-order chi connectivity index (χ1) is 9.25. The van der Waals surface area contributed by atoms with Crippen LogP contribution in [0.3, 0.4) is 0 Å². The lowest BCUT2D eigenvalue weighted by molar-refractivity contribution is -0.384. The lowest BCUT2D eigenvalue weighted by Gasteiger charge is -2.27. The second kappa shape index (κ2) is 7.21. The van der Waals surface area contributed by atoms with Gasteiger partial charge in [0.2, 0.25) is 0 Å². The third kappa shape index (κ3) is 4.61. The molecule has 104 valence electrons. The Morgan fingerprint density at radius 1 is 1.26 bits per heavy atom. The molecule has 1 saturated heterocycles. The van der Waals surface area contributed by atoms with Gasteiger partial charge in [0.15, 0.2) is 0 Å². The molecule has 0 spiro atoms. The minimum absolute atomic E-state index is 0.194. The van der Waals surface area contributed by atoms with Gasteiger partial charge in [0.25, 0.3) is 5.69 Å². The lowest BCUT2D eigenvalue weighted by atomic mass is 10.1. The van der Waals surface area contributed by atoms with Crippen molar-refractivity contribution in [3.8, 4) is 0 Å². The van der Waals surface area contributed by atoms with Crippen molar-refractivity contribution in [2.24, 2.45) is 0 Å². The van der Waals surface area contributed by atoms with Gasteiger partial charge in [-0.25, -0.2) is 0 Å². The second-order valence-corrected chi connectivity index (χ2v) is 4.98. The van der Waals surface area contributed by atoms with Crippen LogP contribution in [0, 0.1) is 10.1 Å². The average molecular weight is 263 g/mol. The fraction of sp³-hybridized carbons (Fsp3) is 0.571. The number of nitrogens with zero attached hydrogens (tertiary/aromatic N) is 2. The summed E-state index contributed by atoms with van der Waals surface area (Å²) in [5, 5.41) is 14.0. The van der Waals surface area contributed by atoms with Crippen molar-refractivity contribution >= 4 is 5.69 Å². The van der Waals surface area contributed by atoms with Crippen LogP contribution in [-0.4, -0.2) is 42.5 Å². The van der Waals surface area contributed by atoms with Crippen LogP contribution < -0.4 is 5.32 Å². The van der Waals surface area contributed by atoms with Crippen molar-refractivity contribution in [1.82, 2.24) is 10.2 Å². The van der Waals surface area contributed by atoms with Gasteiger partial charge in [-0.2, -0.15) is 0 Å². The van der Waals surface area contributed by atoms with Gasteiger partial charge in [0, 0.05) is 38.3 Å². The monoisotopic (exact) mass is 263 g/mol. The minimum atomic E-state index is -0.329. The maximum absolute atomic E-state index is 10.7. The van der Waals surface area contributed by atoms with Gasteiger partial charge in [0.05, 0.1) is 4.92 Å². The molecular formula is C14H21N3O2. The normalized spacial score (nSPS) is 16.4. The number of unbranched alkanes of at least 4 members (excludes halogenated alkanes) is 1. The second-order valence-electron chi connectivity index (χ2n) is 4.98. The molecule has 0 atom stereocenters. The first-order valence-corrected chi connectivity index (χ1v) is 6.92. The number of rotatable bonds is 6. The summed E-state index contributed by atoms with van der Waals surface area (Å²) in [7, 11) is 0. The Morgan fingerprint density at radius 2 is 2.05 bits per heavy atom. The smallest absolute Gasteiger partial charge is 0.269 e. The number of aryl methyl sites for hydroxylation is 1. The highest BCUT2D eigenvalue weighted by Gasteiger charge is 2.09. The summed E-state index contributed by atoms with van der Waals surface area (Å²) in [6, 6.07) is 6.97. The predicted octanol–water partition coefficient (Wildman–Crippen LogP) is 1.82. The third-order valence-electron chi connectivity index (χ3n) is 3.52. The Bertz CT molecular complexity index is 417. The lowest BCUT2D eigenvalue weighted by Crippen LogP contribution is -2.43. The molecule has 5 heteroatoms. The molecule has 19 heavy (non-hydrogen) atoms. The van der Waals surface area contributed by atoms with Crippen LogP contribution in [0.25, 0.3) is 0 Å². The number of nitrogens with one attached hydrogen (secondary N) is 1. The van der Waals surface area contributed by atoms with Crippen molar-refractivity contribution < 1.29 is 4.92 Å². The Balaban J connectivity index is 1.70. The number of hydrogen-bond acceptors (Lipinski definition) is 4. The number of hydrogen-bond donors (Lipinski definition) is 1. The van der Waals surface area contributed by atoms with Gasteiger partial charge in [0.1, 0.15) is 0 Å². The molecule has 1 aliphatic heterocycles. The van der Waals surface area contributed by atoms with Crippen LogP contribution in [0.4, 0.5) is 5.69 Å². The van der Waals surface area contributed by atoms with Crippen LogP contribution in [0.5, 0.6) is 0 Å². The van der Waals surface area contributed by atoms with E-state index in [0.29, 0.717) is 0 Å². The van der Waals surface area contributed by atoms with Crippen molar-refractivity contribution in [3.63, 3.8) is 0 Å². The van der Waals surface area contributed by atoms with E-state index in [4.69, 9.17) is 0 Å².